The summed E-state index contributed by atoms with van der Waals surface area (Å²) in [6.07, 6.45) is -1.29. The van der Waals surface area contributed by atoms with E-state index in [1.54, 1.807) is 0 Å². The molecule has 0 amide bonds. The molecule has 0 unspecified atom stereocenters. The minimum Gasteiger partial charge on any atom is -0.507 e. The molecule has 0 atom stereocenters. The average Bonchev–Trinajstić information content (AvgIpc) is 3.05. The molecule has 9 N–H and O–H groups in total. The van der Waals surface area contributed by atoms with Crippen LogP contribution in [0.1, 0.15) is 0 Å². The van der Waals surface area contributed by atoms with Crippen molar-refractivity contribution in [3.63, 3.8) is 0 Å². The van der Waals surface area contributed by atoms with Crippen LogP contribution >= 0.6 is 24.1 Å². The Balaban J connectivity index is 1.55. The van der Waals surface area contributed by atoms with Crippen LogP contribution in [0, 0.1) is 6.08 Å². The van der Waals surface area contributed by atoms with Gasteiger partial charge >= 0.3 is 6.08 Å². The number of halogens is 1. The third kappa shape index (κ3) is 9.10. The third-order valence-corrected chi connectivity index (χ3v) is 9.27. The molecule has 0 spiro atoms. The second-order valence-electron chi connectivity index (χ2n) is 9.46. The van der Waals surface area contributed by atoms with Gasteiger partial charge in [-0.15, -0.1) is 18.9 Å². The Morgan fingerprint density at radius 2 is 1.47 bits per heavy atom. The van der Waals surface area contributed by atoms with E-state index in [0.29, 0.717) is 24.1 Å². The van der Waals surface area contributed by atoms with E-state index in [1.807, 2.05) is 0 Å². The zero-order valence-electron chi connectivity index (χ0n) is 24.6. The fourth-order valence-electron chi connectivity index (χ4n) is 4.29. The van der Waals surface area contributed by atoms with E-state index in [9.17, 15) is 35.4 Å². The number of phenols is 1. The number of hydrogen-bond donors (Lipinski definition) is 8. The number of nitrogens with one attached hydrogen (secondary N) is 2. The van der Waals surface area contributed by atoms with Crippen molar-refractivity contribution in [1.82, 2.24) is 15.0 Å². The van der Waals surface area contributed by atoms with Crippen molar-refractivity contribution in [3.05, 3.63) is 66.7 Å². The molecule has 0 aliphatic rings. The fraction of sp³-hybridized carbons (Fsp3) is 0. The van der Waals surface area contributed by atoms with Gasteiger partial charge in [-0.3, -0.25) is 9.11 Å². The average molecular weight is 787 g/mol. The Morgan fingerprint density at radius 3 is 2.16 bits per heavy atom. The number of azo groups is 1. The lowest BCUT2D eigenvalue weighted by atomic mass is 10.1. The van der Waals surface area contributed by atoms with Gasteiger partial charge in [0.1, 0.15) is 26.9 Å². The number of phenolic OH excluding ortho intramolecular Hbond substituents is 1. The summed E-state index contributed by atoms with van der Waals surface area (Å²) in [4.78, 5) is 9.90. The predicted molar refractivity (Wildman–Crippen MR) is 174 cm³/mol. The first-order chi connectivity index (χ1) is 24.2. The second kappa shape index (κ2) is 15.6. The number of benzene rings is 4. The number of nitrogen functional groups attached to an aromatic ring is 1. The molecule has 1 heterocycles. The van der Waals surface area contributed by atoms with Gasteiger partial charge in [-0.05, 0) is 53.9 Å². The maximum atomic E-state index is 14.4. The molecule has 26 heteroatoms. The molecule has 0 saturated carbocycles. The van der Waals surface area contributed by atoms with Gasteiger partial charge in [0.05, 0.1) is 45.7 Å². The lowest BCUT2D eigenvalue weighted by Gasteiger charge is -2.13. The van der Waals surface area contributed by atoms with E-state index in [0.717, 1.165) is 18.2 Å². The van der Waals surface area contributed by atoms with E-state index in [2.05, 4.69) is 54.6 Å². The molecule has 268 valence electrons. The van der Waals surface area contributed by atoms with Gasteiger partial charge in [0.15, 0.2) is 0 Å². The zero-order chi connectivity index (χ0) is 36.9. The van der Waals surface area contributed by atoms with Crippen molar-refractivity contribution < 1.29 is 64.7 Å². The van der Waals surface area contributed by atoms with E-state index < -0.39 is 65.1 Å². The molecule has 4 aromatic carbocycles. The molecule has 0 saturated heterocycles. The summed E-state index contributed by atoms with van der Waals surface area (Å²) in [6.45, 7) is 0. The topological polar surface area (TPSA) is 320 Å². The summed E-state index contributed by atoms with van der Waals surface area (Å²) in [5, 5.41) is 48.2. The van der Waals surface area contributed by atoms with E-state index in [4.69, 9.17) is 16.2 Å². The number of nitrogens with two attached hydrogens (primary N) is 1. The SMILES string of the molecule is Nc1c(S(=O)(=O)O)cc2cc(SOOO)cc(O)c2c1N=Nc1cc(Nc2nc(F)nc(Nc3ccccc3S(=O)(=O)O)n2)ccc1SOOO. The van der Waals surface area contributed by atoms with Crippen molar-refractivity contribution in [2.75, 3.05) is 16.4 Å². The lowest BCUT2D eigenvalue weighted by Crippen LogP contribution is -2.08. The van der Waals surface area contributed by atoms with Gasteiger partial charge in [-0.25, -0.2) is 10.5 Å². The minimum atomic E-state index is -4.96. The summed E-state index contributed by atoms with van der Waals surface area (Å²) in [7, 11) is -9.64. The molecular weight excluding hydrogens is 768 g/mol. The normalized spacial score (nSPS) is 12.1. The van der Waals surface area contributed by atoms with E-state index >= 15 is 0 Å². The van der Waals surface area contributed by atoms with Crippen LogP contribution < -0.4 is 16.4 Å². The van der Waals surface area contributed by atoms with Crippen molar-refractivity contribution in [2.45, 2.75) is 19.6 Å². The molecule has 21 nitrogen and oxygen atoms in total. The first-order valence-electron chi connectivity index (χ1n) is 13.1. The first kappa shape index (κ1) is 37.4. The molecule has 51 heavy (non-hydrogen) atoms. The number of hydrogen-bond acceptors (Lipinski definition) is 21. The monoisotopic (exact) mass is 786 g/mol. The molecule has 0 aliphatic carbocycles. The molecular formula is C25H19FN8O13S4. The number of nitrogens with zero attached hydrogens (tertiary/aromatic N) is 5. The van der Waals surface area contributed by atoms with E-state index in [-0.39, 0.29) is 37.6 Å². The number of aromatic nitrogens is 3. The van der Waals surface area contributed by atoms with Gasteiger partial charge in [0.25, 0.3) is 20.2 Å². The van der Waals surface area contributed by atoms with Crippen LogP contribution in [0.3, 0.4) is 0 Å². The minimum absolute atomic E-state index is 0.0302. The number of para-hydroxylation sites is 1. The second-order valence-corrected chi connectivity index (χ2v) is 13.8. The van der Waals surface area contributed by atoms with Crippen molar-refractivity contribution in [3.8, 4) is 5.75 Å². The molecule has 0 aliphatic heterocycles. The number of aromatic hydroxyl groups is 1. The lowest BCUT2D eigenvalue weighted by molar-refractivity contribution is -0.432. The highest BCUT2D eigenvalue weighted by Gasteiger charge is 2.23. The van der Waals surface area contributed by atoms with Crippen LogP contribution in [-0.2, 0) is 39.0 Å². The Hall–Kier alpha value is -4.84. The van der Waals surface area contributed by atoms with Crippen LogP contribution in [0.2, 0.25) is 0 Å². The van der Waals surface area contributed by atoms with Gasteiger partial charge in [0, 0.05) is 10.6 Å². The van der Waals surface area contributed by atoms with Crippen LogP contribution in [0.4, 0.5) is 44.7 Å². The largest absolute Gasteiger partial charge is 0.507 e. The standard InChI is InChI=1S/C25H19FN8O13S4/c26-23-30-24(32-25(31-23)29-14-3-1-2-4-18(14)50(38,39)40)28-12-5-6-17(49-47-45-37)15(9-12)33-34-22-20-11(8-19(21(22)27)51(41,42)43)7-13(10-16(20)35)48-46-44-36/h1-10,35-37H,27H2,(H,38,39,40)(H,41,42,43)(H2,28,29,30,31,32). The van der Waals surface area contributed by atoms with Crippen LogP contribution in [0.15, 0.2) is 90.5 Å². The molecule has 0 bridgehead atoms. The van der Waals surface area contributed by atoms with Gasteiger partial charge in [-0.1, -0.05) is 22.2 Å². The Bertz CT molecular complexity index is 2370. The van der Waals surface area contributed by atoms with Crippen molar-refractivity contribution in [1.29, 1.82) is 0 Å². The predicted octanol–water partition coefficient (Wildman–Crippen LogP) is 5.70. The maximum Gasteiger partial charge on any atom is 0.315 e. The maximum absolute atomic E-state index is 14.4. The van der Waals surface area contributed by atoms with E-state index in [1.165, 1.54) is 42.5 Å². The number of anilines is 5. The summed E-state index contributed by atoms with van der Waals surface area (Å²) >= 11 is 0.872. The fourth-order valence-corrected chi connectivity index (χ4v) is 6.44. The van der Waals surface area contributed by atoms with Crippen LogP contribution in [-0.4, -0.2) is 56.5 Å². The van der Waals surface area contributed by atoms with Gasteiger partial charge < -0.3 is 21.5 Å². The highest BCUT2D eigenvalue weighted by Crippen LogP contribution is 2.45. The quantitative estimate of drug-likeness (QED) is 0.0167. The summed E-state index contributed by atoms with van der Waals surface area (Å²) in [5.41, 5.74) is 4.84. The Kier molecular flexibility index (Phi) is 11.4. The Labute approximate surface area is 292 Å². The molecule has 0 fully saturated rings. The zero-order valence-corrected chi connectivity index (χ0v) is 27.9. The number of fused-ring (bicyclic) bond motifs is 1. The van der Waals surface area contributed by atoms with Crippen LogP contribution in [0.5, 0.6) is 5.75 Å². The molecule has 5 aromatic rings. The Morgan fingerprint density at radius 1 is 0.804 bits per heavy atom. The summed E-state index contributed by atoms with van der Waals surface area (Å²) < 4.78 is 90.5. The highest BCUT2D eigenvalue weighted by atomic mass is 32.2. The van der Waals surface area contributed by atoms with Gasteiger partial charge in [-0.2, -0.15) is 36.2 Å². The highest BCUT2D eigenvalue weighted by molar-refractivity contribution is 7.95. The third-order valence-electron chi connectivity index (χ3n) is 6.25. The van der Waals surface area contributed by atoms with Crippen molar-refractivity contribution in [2.24, 2.45) is 10.2 Å². The smallest absolute Gasteiger partial charge is 0.315 e. The summed E-state index contributed by atoms with van der Waals surface area (Å²) in [6, 6.07) is 12.5. The number of rotatable bonds is 14. The van der Waals surface area contributed by atoms with Crippen molar-refractivity contribution >= 4 is 95.4 Å². The van der Waals surface area contributed by atoms with Crippen LogP contribution in [0.25, 0.3) is 10.8 Å². The molecule has 5 rings (SSSR count). The molecule has 0 radical (unpaired) electrons. The summed E-state index contributed by atoms with van der Waals surface area (Å²) in [5.74, 6) is -1.38. The first-order valence-corrected chi connectivity index (χ1v) is 17.5. The molecule has 1 aromatic heterocycles. The van der Waals surface area contributed by atoms with Gasteiger partial charge in [0.2, 0.25) is 11.9 Å².